The molecule has 2 aliphatic rings. The summed E-state index contributed by atoms with van der Waals surface area (Å²) in [6.45, 7) is 1.05. The average molecular weight is 296 g/mol. The molecule has 2 fully saturated rings. The maximum Gasteiger partial charge on any atom is 0.328 e. The molecule has 1 spiro atoms. The molecule has 0 aromatic heterocycles. The minimum absolute atomic E-state index is 0.216. The van der Waals surface area contributed by atoms with Crippen LogP contribution in [0.1, 0.15) is 12.8 Å². The Hall–Kier alpha value is -2.02. The van der Waals surface area contributed by atoms with Crippen LogP contribution < -0.4 is 10.2 Å². The van der Waals surface area contributed by atoms with Crippen LogP contribution in [0, 0.1) is 17.0 Å². The zero-order valence-electron chi connectivity index (χ0n) is 11.2. The Morgan fingerprint density at radius 1 is 1.19 bits per heavy atom. The molecule has 21 heavy (non-hydrogen) atoms. The molecule has 0 aliphatic carbocycles. The van der Waals surface area contributed by atoms with E-state index < -0.39 is 29.0 Å². The summed E-state index contributed by atoms with van der Waals surface area (Å²) in [6.07, 6.45) is 0.927. The first-order chi connectivity index (χ1) is 10.0. The van der Waals surface area contributed by atoms with E-state index in [9.17, 15) is 18.4 Å². The quantitative estimate of drug-likeness (QED) is 0.860. The number of amides is 3. The molecule has 2 saturated heterocycles. The number of hydrogen-bond donors (Lipinski definition) is 1. The third-order valence-electron chi connectivity index (χ3n) is 4.04. The van der Waals surface area contributed by atoms with Crippen molar-refractivity contribution in [2.24, 2.45) is 5.41 Å². The monoisotopic (exact) mass is 296 g/mol. The van der Waals surface area contributed by atoms with E-state index in [2.05, 4.69) is 5.32 Å². The van der Waals surface area contributed by atoms with Crippen LogP contribution in [-0.4, -0.2) is 31.7 Å². The van der Waals surface area contributed by atoms with Gasteiger partial charge in [-0.3, -0.25) is 4.79 Å². The Morgan fingerprint density at radius 3 is 2.57 bits per heavy atom. The van der Waals surface area contributed by atoms with E-state index in [4.69, 9.17) is 4.74 Å². The lowest BCUT2D eigenvalue weighted by molar-refractivity contribution is -0.133. The number of hydrogen-bond acceptors (Lipinski definition) is 3. The normalized spacial score (nSPS) is 21.5. The van der Waals surface area contributed by atoms with Gasteiger partial charge >= 0.3 is 6.03 Å². The molecule has 5 nitrogen and oxygen atoms in total. The summed E-state index contributed by atoms with van der Waals surface area (Å²) in [5.74, 6) is -2.16. The van der Waals surface area contributed by atoms with E-state index in [1.807, 2.05) is 0 Å². The van der Waals surface area contributed by atoms with E-state index in [1.54, 1.807) is 0 Å². The lowest BCUT2D eigenvalue weighted by Crippen LogP contribution is -2.62. The molecule has 2 heterocycles. The van der Waals surface area contributed by atoms with E-state index >= 15 is 0 Å². The summed E-state index contributed by atoms with van der Waals surface area (Å²) in [4.78, 5) is 25.4. The van der Waals surface area contributed by atoms with E-state index in [0.717, 1.165) is 17.0 Å². The summed E-state index contributed by atoms with van der Waals surface area (Å²) in [6, 6.07) is 2.08. The van der Waals surface area contributed by atoms with Gasteiger partial charge in [0.2, 0.25) is 5.91 Å². The van der Waals surface area contributed by atoms with Gasteiger partial charge in [-0.25, -0.2) is 18.5 Å². The summed E-state index contributed by atoms with van der Waals surface area (Å²) < 4.78 is 32.1. The van der Waals surface area contributed by atoms with Crippen molar-refractivity contribution in [2.75, 3.05) is 24.7 Å². The Balaban J connectivity index is 1.99. The fourth-order valence-electron chi connectivity index (χ4n) is 2.76. The molecule has 0 atom stereocenters. The van der Waals surface area contributed by atoms with Gasteiger partial charge in [-0.1, -0.05) is 0 Å². The van der Waals surface area contributed by atoms with Crippen LogP contribution in [0.25, 0.3) is 0 Å². The zero-order chi connectivity index (χ0) is 15.0. The van der Waals surface area contributed by atoms with Gasteiger partial charge in [0.25, 0.3) is 0 Å². The highest BCUT2D eigenvalue weighted by Gasteiger charge is 2.49. The van der Waals surface area contributed by atoms with Crippen molar-refractivity contribution >= 4 is 17.6 Å². The van der Waals surface area contributed by atoms with Crippen LogP contribution in [0.4, 0.5) is 19.3 Å². The number of nitrogens with zero attached hydrogens (tertiary/aromatic N) is 1. The second kappa shape index (κ2) is 5.07. The van der Waals surface area contributed by atoms with Crippen LogP contribution in [0.3, 0.4) is 0 Å². The number of carbonyl (C=O) groups is 2. The molecule has 1 aromatic rings. The number of benzene rings is 1. The molecule has 2 aliphatic heterocycles. The highest BCUT2D eigenvalue weighted by Crippen LogP contribution is 2.37. The number of urea groups is 1. The molecule has 3 rings (SSSR count). The number of imide groups is 1. The molecule has 1 N–H and O–H groups in total. The number of nitrogens with one attached hydrogen (secondary N) is 1. The first-order valence-corrected chi connectivity index (χ1v) is 6.69. The lowest BCUT2D eigenvalue weighted by atomic mass is 9.77. The number of carbonyl (C=O) groups excluding carboxylic acids is 2. The van der Waals surface area contributed by atoms with Crippen molar-refractivity contribution in [3.8, 4) is 0 Å². The van der Waals surface area contributed by atoms with E-state index in [1.165, 1.54) is 0 Å². The standard InChI is InChI=1S/C14H14F2N2O3/c15-9-1-2-11(10(16)7-9)18-12(19)14(8-17-13(18)20)3-5-21-6-4-14/h1-2,7H,3-6,8H2,(H,17,20). The van der Waals surface area contributed by atoms with Crippen molar-refractivity contribution in [3.63, 3.8) is 0 Å². The van der Waals surface area contributed by atoms with Crippen molar-refractivity contribution in [3.05, 3.63) is 29.8 Å². The van der Waals surface area contributed by atoms with Crippen molar-refractivity contribution in [1.82, 2.24) is 5.32 Å². The number of ether oxygens (including phenoxy) is 1. The summed E-state index contributed by atoms with van der Waals surface area (Å²) >= 11 is 0. The van der Waals surface area contributed by atoms with Gasteiger partial charge in [0.1, 0.15) is 11.6 Å². The van der Waals surface area contributed by atoms with Crippen LogP contribution in [-0.2, 0) is 9.53 Å². The topological polar surface area (TPSA) is 58.6 Å². The summed E-state index contributed by atoms with van der Waals surface area (Å²) in [5, 5.41) is 2.61. The minimum Gasteiger partial charge on any atom is -0.381 e. The lowest BCUT2D eigenvalue weighted by Gasteiger charge is -2.42. The Kier molecular flexibility index (Phi) is 3.36. The van der Waals surface area contributed by atoms with Crippen LogP contribution in [0.2, 0.25) is 0 Å². The Bertz CT molecular complexity index is 600. The number of rotatable bonds is 1. The van der Waals surface area contributed by atoms with Gasteiger partial charge in [0.15, 0.2) is 0 Å². The summed E-state index contributed by atoms with van der Waals surface area (Å²) in [7, 11) is 0. The largest absolute Gasteiger partial charge is 0.381 e. The second-order valence-electron chi connectivity index (χ2n) is 5.29. The molecular formula is C14H14F2N2O3. The minimum atomic E-state index is -0.942. The molecule has 112 valence electrons. The van der Waals surface area contributed by atoms with Gasteiger partial charge in [-0.15, -0.1) is 0 Å². The molecule has 0 saturated carbocycles. The van der Waals surface area contributed by atoms with Crippen LogP contribution in [0.15, 0.2) is 18.2 Å². The van der Waals surface area contributed by atoms with Gasteiger partial charge in [-0.2, -0.15) is 0 Å². The van der Waals surface area contributed by atoms with Crippen molar-refractivity contribution in [2.45, 2.75) is 12.8 Å². The van der Waals surface area contributed by atoms with Gasteiger partial charge in [-0.05, 0) is 25.0 Å². The second-order valence-corrected chi connectivity index (χ2v) is 5.29. The smallest absolute Gasteiger partial charge is 0.328 e. The molecule has 0 unspecified atom stereocenters. The van der Waals surface area contributed by atoms with Crippen LogP contribution in [0.5, 0.6) is 0 Å². The predicted molar refractivity (Wildman–Crippen MR) is 69.7 cm³/mol. The molecule has 7 heteroatoms. The number of anilines is 1. The number of halogens is 2. The summed E-state index contributed by atoms with van der Waals surface area (Å²) in [5.41, 5.74) is -1.00. The molecule has 0 radical (unpaired) electrons. The van der Waals surface area contributed by atoms with Gasteiger partial charge in [0, 0.05) is 25.8 Å². The molecule has 1 aromatic carbocycles. The fourth-order valence-corrected chi connectivity index (χ4v) is 2.76. The fraction of sp³-hybridized carbons (Fsp3) is 0.429. The first kappa shape index (κ1) is 13.9. The maximum absolute atomic E-state index is 13.9. The molecular weight excluding hydrogens is 282 g/mol. The highest BCUT2D eigenvalue weighted by molar-refractivity contribution is 6.18. The first-order valence-electron chi connectivity index (χ1n) is 6.69. The molecule has 0 bridgehead atoms. The van der Waals surface area contributed by atoms with Crippen molar-refractivity contribution < 1.29 is 23.1 Å². The van der Waals surface area contributed by atoms with Crippen LogP contribution >= 0.6 is 0 Å². The third kappa shape index (κ3) is 2.27. The highest BCUT2D eigenvalue weighted by atomic mass is 19.1. The molecule has 3 amide bonds. The predicted octanol–water partition coefficient (Wildman–Crippen LogP) is 1.82. The Labute approximate surface area is 119 Å². The maximum atomic E-state index is 13.9. The third-order valence-corrected chi connectivity index (χ3v) is 4.04. The van der Waals surface area contributed by atoms with Gasteiger partial charge in [0.05, 0.1) is 11.1 Å². The van der Waals surface area contributed by atoms with Crippen molar-refractivity contribution in [1.29, 1.82) is 0 Å². The van der Waals surface area contributed by atoms with E-state index in [-0.39, 0.29) is 12.2 Å². The average Bonchev–Trinajstić information content (AvgIpc) is 2.47. The Morgan fingerprint density at radius 2 is 1.90 bits per heavy atom. The van der Waals surface area contributed by atoms with E-state index in [0.29, 0.717) is 32.1 Å². The van der Waals surface area contributed by atoms with Gasteiger partial charge < -0.3 is 10.1 Å². The zero-order valence-corrected chi connectivity index (χ0v) is 11.2. The SMILES string of the molecule is O=C1NCC2(CCOCC2)C(=O)N1c1ccc(F)cc1F.